The smallest absolute Gasteiger partial charge is 0.0210 e. The van der Waals surface area contributed by atoms with Gasteiger partial charge in [-0.15, -0.1) is 0 Å². The third kappa shape index (κ3) is 49.0. The summed E-state index contributed by atoms with van der Waals surface area (Å²) >= 11 is 0. The average molecular weight is 843 g/mol. The first kappa shape index (κ1) is 60.0. The van der Waals surface area contributed by atoms with Gasteiger partial charge in [0.05, 0.1) is 0 Å². The van der Waals surface area contributed by atoms with Crippen LogP contribution in [0.2, 0.25) is 0 Å². The molecule has 0 bridgehead atoms. The SMILES string of the molecule is CCCCCCCCCCCCCCCC[C](CCCCCCCCCCCCCC)C(CCCCCCCCCCCC)CCCCCCCCCCCCCCCC. The summed E-state index contributed by atoms with van der Waals surface area (Å²) in [4.78, 5) is 0. The maximum Gasteiger partial charge on any atom is -0.0210 e. The molecule has 0 heterocycles. The normalized spacial score (nSPS) is 12.3. The van der Waals surface area contributed by atoms with Crippen LogP contribution in [0, 0.1) is 11.8 Å². The van der Waals surface area contributed by atoms with Gasteiger partial charge in [0.1, 0.15) is 0 Å². The molecule has 0 aromatic rings. The van der Waals surface area contributed by atoms with Crippen molar-refractivity contribution >= 4 is 0 Å². The zero-order valence-electron chi connectivity index (χ0n) is 43.3. The van der Waals surface area contributed by atoms with E-state index in [2.05, 4.69) is 27.7 Å². The first-order valence-electron chi connectivity index (χ1n) is 29.6. The fraction of sp³-hybridized carbons (Fsp3) is 0.983. The van der Waals surface area contributed by atoms with E-state index in [0.29, 0.717) is 0 Å². The molecular weight excluding hydrogens is 721 g/mol. The Morgan fingerprint density at radius 3 is 0.517 bits per heavy atom. The predicted molar refractivity (Wildman–Crippen MR) is 279 cm³/mol. The van der Waals surface area contributed by atoms with Gasteiger partial charge in [0.2, 0.25) is 0 Å². The van der Waals surface area contributed by atoms with Crippen LogP contribution in [0.1, 0.15) is 374 Å². The van der Waals surface area contributed by atoms with E-state index in [1.54, 1.807) is 0 Å². The van der Waals surface area contributed by atoms with E-state index in [4.69, 9.17) is 0 Å². The van der Waals surface area contributed by atoms with E-state index in [1.807, 2.05) is 5.92 Å². The molecule has 0 aliphatic rings. The molecule has 0 spiro atoms. The van der Waals surface area contributed by atoms with Crippen molar-refractivity contribution in [2.24, 2.45) is 5.92 Å². The molecule has 0 N–H and O–H groups in total. The highest BCUT2D eigenvalue weighted by atomic mass is 14.3. The van der Waals surface area contributed by atoms with Crippen LogP contribution < -0.4 is 0 Å². The highest BCUT2D eigenvalue weighted by molar-refractivity contribution is 4.96. The third-order valence-corrected chi connectivity index (χ3v) is 14.6. The van der Waals surface area contributed by atoms with Crippen molar-refractivity contribution in [1.29, 1.82) is 0 Å². The highest BCUT2D eigenvalue weighted by Gasteiger charge is 2.21. The van der Waals surface area contributed by atoms with E-state index in [0.717, 1.165) is 5.92 Å². The molecule has 0 saturated heterocycles. The molecule has 0 aliphatic heterocycles. The summed E-state index contributed by atoms with van der Waals surface area (Å²) in [7, 11) is 0. The highest BCUT2D eigenvalue weighted by Crippen LogP contribution is 2.35. The average Bonchev–Trinajstić information content (AvgIpc) is 3.26. The molecule has 0 aromatic carbocycles. The van der Waals surface area contributed by atoms with E-state index >= 15 is 0 Å². The fourth-order valence-corrected chi connectivity index (χ4v) is 10.3. The van der Waals surface area contributed by atoms with Crippen LogP contribution in [0.25, 0.3) is 0 Å². The summed E-state index contributed by atoms with van der Waals surface area (Å²) in [6.07, 6.45) is 79.7. The minimum atomic E-state index is 0.936. The van der Waals surface area contributed by atoms with E-state index in [9.17, 15) is 0 Å². The van der Waals surface area contributed by atoms with E-state index in [-0.39, 0.29) is 0 Å². The maximum atomic E-state index is 2.34. The molecule has 60 heavy (non-hydrogen) atoms. The lowest BCUT2D eigenvalue weighted by molar-refractivity contribution is 0.370. The lowest BCUT2D eigenvalue weighted by Gasteiger charge is -2.28. The fourth-order valence-electron chi connectivity index (χ4n) is 10.3. The van der Waals surface area contributed by atoms with Crippen molar-refractivity contribution in [1.82, 2.24) is 0 Å². The van der Waals surface area contributed by atoms with Crippen molar-refractivity contribution in [3.05, 3.63) is 5.92 Å². The van der Waals surface area contributed by atoms with Gasteiger partial charge < -0.3 is 0 Å². The van der Waals surface area contributed by atoms with Gasteiger partial charge in [0.25, 0.3) is 0 Å². The van der Waals surface area contributed by atoms with Crippen LogP contribution >= 0.6 is 0 Å². The van der Waals surface area contributed by atoms with Gasteiger partial charge in [-0.3, -0.25) is 0 Å². The second-order valence-corrected chi connectivity index (χ2v) is 20.7. The molecule has 361 valence electrons. The number of hydrogen-bond acceptors (Lipinski definition) is 0. The monoisotopic (exact) mass is 842 g/mol. The summed E-state index contributed by atoms with van der Waals surface area (Å²) in [5.74, 6) is 2.98. The van der Waals surface area contributed by atoms with Gasteiger partial charge in [0, 0.05) is 0 Å². The van der Waals surface area contributed by atoms with E-state index in [1.165, 1.54) is 347 Å². The van der Waals surface area contributed by atoms with Crippen molar-refractivity contribution in [2.45, 2.75) is 374 Å². The second kappa shape index (κ2) is 55.1. The first-order chi connectivity index (χ1) is 29.8. The summed E-state index contributed by atoms with van der Waals surface area (Å²) < 4.78 is 0. The zero-order chi connectivity index (χ0) is 43.3. The molecular formula is C60H121. The van der Waals surface area contributed by atoms with Crippen molar-refractivity contribution in [2.75, 3.05) is 0 Å². The van der Waals surface area contributed by atoms with E-state index < -0.39 is 0 Å². The van der Waals surface area contributed by atoms with Crippen molar-refractivity contribution in [3.63, 3.8) is 0 Å². The molecule has 0 aromatic heterocycles. The quantitative estimate of drug-likeness (QED) is 0.0535. The van der Waals surface area contributed by atoms with Crippen molar-refractivity contribution < 1.29 is 0 Å². The predicted octanol–water partition coefficient (Wildman–Crippen LogP) is 23.3. The minimum Gasteiger partial charge on any atom is -0.0654 e. The molecule has 1 unspecified atom stereocenters. The molecule has 0 amide bonds. The van der Waals surface area contributed by atoms with Gasteiger partial charge >= 0.3 is 0 Å². The Balaban J connectivity index is 4.83. The molecule has 1 radical (unpaired) electrons. The molecule has 0 fully saturated rings. The Labute approximate surface area is 384 Å². The third-order valence-electron chi connectivity index (χ3n) is 14.6. The minimum absolute atomic E-state index is 0.936. The molecule has 0 aliphatic carbocycles. The molecule has 0 rings (SSSR count). The Kier molecular flexibility index (Phi) is 55.1. The van der Waals surface area contributed by atoms with Crippen LogP contribution in [-0.4, -0.2) is 0 Å². The Bertz CT molecular complexity index is 709. The van der Waals surface area contributed by atoms with Gasteiger partial charge in [-0.05, 0) is 37.5 Å². The van der Waals surface area contributed by atoms with Crippen LogP contribution in [0.4, 0.5) is 0 Å². The number of rotatable bonds is 55. The number of hydrogen-bond donors (Lipinski definition) is 0. The van der Waals surface area contributed by atoms with Gasteiger partial charge in [-0.2, -0.15) is 0 Å². The second-order valence-electron chi connectivity index (χ2n) is 20.7. The molecule has 0 heteroatoms. The summed E-state index contributed by atoms with van der Waals surface area (Å²) in [5.41, 5.74) is 0. The van der Waals surface area contributed by atoms with Crippen LogP contribution in [0.15, 0.2) is 0 Å². The lowest BCUT2D eigenvalue weighted by atomic mass is 9.78. The standard InChI is InChI=1S/C60H121/c1-5-9-13-17-21-25-29-32-34-37-41-45-49-53-57-59(55-51-47-43-39-28-24-20-16-12-8-4)60(56-52-48-44-40-36-31-27-23-19-15-11-7-3)58-54-50-46-42-38-35-33-30-26-22-18-14-10-6-2/h59H,5-58H2,1-4H3. The first-order valence-corrected chi connectivity index (χ1v) is 29.6. The van der Waals surface area contributed by atoms with Crippen LogP contribution in [-0.2, 0) is 0 Å². The summed E-state index contributed by atoms with van der Waals surface area (Å²) in [6, 6.07) is 0. The molecule has 0 saturated carbocycles. The topological polar surface area (TPSA) is 0 Å². The summed E-state index contributed by atoms with van der Waals surface area (Å²) in [5, 5.41) is 0. The summed E-state index contributed by atoms with van der Waals surface area (Å²) in [6.45, 7) is 9.34. The van der Waals surface area contributed by atoms with Crippen LogP contribution in [0.5, 0.6) is 0 Å². The Hall–Kier alpha value is 0. The zero-order valence-corrected chi connectivity index (χ0v) is 43.3. The number of unbranched alkanes of at least 4 members (excludes halogenated alkanes) is 46. The lowest BCUT2D eigenvalue weighted by Crippen LogP contribution is -2.14. The molecule has 0 nitrogen and oxygen atoms in total. The molecule has 1 atom stereocenters. The maximum absolute atomic E-state index is 2.34. The van der Waals surface area contributed by atoms with Crippen LogP contribution in [0.3, 0.4) is 0 Å². The van der Waals surface area contributed by atoms with Gasteiger partial charge in [-0.1, -0.05) is 349 Å². The van der Waals surface area contributed by atoms with Gasteiger partial charge in [0.15, 0.2) is 0 Å². The van der Waals surface area contributed by atoms with Crippen molar-refractivity contribution in [3.8, 4) is 0 Å². The Morgan fingerprint density at radius 1 is 0.183 bits per heavy atom. The largest absolute Gasteiger partial charge is 0.0654 e. The van der Waals surface area contributed by atoms with Gasteiger partial charge in [-0.25, -0.2) is 0 Å². The Morgan fingerprint density at radius 2 is 0.333 bits per heavy atom.